The molecule has 3 nitrogen and oxygen atoms in total. The highest BCUT2D eigenvalue weighted by molar-refractivity contribution is 7.94. The van der Waals surface area contributed by atoms with Gasteiger partial charge in [-0.2, -0.15) is 0 Å². The van der Waals surface area contributed by atoms with Crippen LogP contribution in [0.4, 0.5) is 0 Å². The minimum atomic E-state index is -3.48. The van der Waals surface area contributed by atoms with Gasteiger partial charge in [0.2, 0.25) is 0 Å². The Morgan fingerprint density at radius 1 is 0.955 bits per heavy atom. The highest BCUT2D eigenvalue weighted by Gasteiger charge is 2.09. The van der Waals surface area contributed by atoms with Gasteiger partial charge in [-0.05, 0) is 42.8 Å². The van der Waals surface area contributed by atoms with Crippen molar-refractivity contribution >= 4 is 20.6 Å². The Morgan fingerprint density at radius 2 is 1.50 bits per heavy atom. The second-order valence-corrected chi connectivity index (χ2v) is 7.77. The SMILES string of the molecule is CC(/C=C\S(=O)c1ccccc1)=C\S(=O)(=O)c1ccccc1. The summed E-state index contributed by atoms with van der Waals surface area (Å²) in [4.78, 5) is 0.921. The molecule has 0 aliphatic carbocycles. The lowest BCUT2D eigenvalue weighted by molar-refractivity contribution is 0.604. The molecule has 0 radical (unpaired) electrons. The maximum atomic E-state index is 12.2. The second-order valence-electron chi connectivity index (χ2n) is 4.63. The van der Waals surface area contributed by atoms with E-state index in [1.54, 1.807) is 55.5 Å². The summed E-state index contributed by atoms with van der Waals surface area (Å²) in [5.74, 6) is 0. The molecule has 0 spiro atoms. The van der Waals surface area contributed by atoms with E-state index in [0.717, 1.165) is 0 Å². The lowest BCUT2D eigenvalue weighted by Gasteiger charge is -2.00. The molecule has 2 aromatic rings. The molecule has 0 aliphatic heterocycles. The van der Waals surface area contributed by atoms with Crippen molar-refractivity contribution in [3.63, 3.8) is 0 Å². The smallest absolute Gasteiger partial charge is 0.200 e. The standard InChI is InChI=1S/C17H16O3S2/c1-15(12-13-21(18)16-8-4-2-5-9-16)14-22(19,20)17-10-6-3-7-11-17/h2-14H,1H3/b13-12-,15-14+. The minimum absolute atomic E-state index is 0.243. The van der Waals surface area contributed by atoms with Crippen LogP contribution in [0.25, 0.3) is 0 Å². The molecule has 0 saturated carbocycles. The van der Waals surface area contributed by atoms with Crippen LogP contribution in [0.3, 0.4) is 0 Å². The Hall–Kier alpha value is -1.98. The zero-order chi connectivity index (χ0) is 16.0. The molecule has 5 heteroatoms. The fourth-order valence-electron chi connectivity index (χ4n) is 1.76. The molecule has 2 aromatic carbocycles. The first-order valence-electron chi connectivity index (χ1n) is 6.61. The first kappa shape index (κ1) is 16.4. The summed E-state index contributed by atoms with van der Waals surface area (Å²) in [6.07, 6.45) is 1.56. The monoisotopic (exact) mass is 332 g/mol. The van der Waals surface area contributed by atoms with Crippen LogP contribution in [0.2, 0.25) is 0 Å². The van der Waals surface area contributed by atoms with Gasteiger partial charge in [0.25, 0.3) is 0 Å². The molecule has 1 unspecified atom stereocenters. The van der Waals surface area contributed by atoms with Crippen molar-refractivity contribution < 1.29 is 12.6 Å². The van der Waals surface area contributed by atoms with Gasteiger partial charge in [0.15, 0.2) is 9.84 Å². The van der Waals surface area contributed by atoms with Gasteiger partial charge in [-0.1, -0.05) is 36.4 Å². The van der Waals surface area contributed by atoms with E-state index in [1.807, 2.05) is 18.2 Å². The number of hydrogen-bond acceptors (Lipinski definition) is 3. The van der Waals surface area contributed by atoms with Gasteiger partial charge in [0.1, 0.15) is 0 Å². The first-order valence-corrected chi connectivity index (χ1v) is 9.37. The summed E-state index contributed by atoms with van der Waals surface area (Å²) >= 11 is 0. The van der Waals surface area contributed by atoms with Crippen LogP contribution in [0.1, 0.15) is 6.92 Å². The van der Waals surface area contributed by atoms with Gasteiger partial charge in [-0.15, -0.1) is 0 Å². The van der Waals surface area contributed by atoms with Crippen LogP contribution in [0.15, 0.2) is 92.9 Å². The third-order valence-electron chi connectivity index (χ3n) is 2.84. The van der Waals surface area contributed by atoms with Gasteiger partial charge >= 0.3 is 0 Å². The third-order valence-corrected chi connectivity index (χ3v) is 5.57. The van der Waals surface area contributed by atoms with Gasteiger partial charge in [0, 0.05) is 15.7 Å². The Bertz CT molecular complexity index is 805. The molecule has 0 N–H and O–H groups in total. The van der Waals surface area contributed by atoms with E-state index in [2.05, 4.69) is 0 Å². The molecule has 1 atom stereocenters. The van der Waals surface area contributed by atoms with E-state index in [9.17, 15) is 12.6 Å². The molecule has 0 bridgehead atoms. The first-order chi connectivity index (χ1) is 10.5. The van der Waals surface area contributed by atoms with Crippen molar-refractivity contribution in [2.24, 2.45) is 0 Å². The summed E-state index contributed by atoms with van der Waals surface area (Å²) in [7, 11) is -4.78. The molecule has 0 fully saturated rings. The maximum Gasteiger partial charge on any atom is 0.200 e. The van der Waals surface area contributed by atoms with Gasteiger partial charge in [-0.25, -0.2) is 12.6 Å². The normalized spacial score (nSPS) is 14.1. The van der Waals surface area contributed by atoms with Crippen molar-refractivity contribution in [3.05, 3.63) is 83.1 Å². The molecule has 2 rings (SSSR count). The number of allylic oxidation sites excluding steroid dienone is 2. The van der Waals surface area contributed by atoms with Crippen molar-refractivity contribution in [3.8, 4) is 0 Å². The lowest BCUT2D eigenvalue weighted by Crippen LogP contribution is -1.96. The molecule has 0 amide bonds. The summed E-state index contributed by atoms with van der Waals surface area (Å²) < 4.78 is 36.4. The minimum Gasteiger partial charge on any atom is -0.250 e. The Balaban J connectivity index is 2.16. The second kappa shape index (κ2) is 7.33. The summed E-state index contributed by atoms with van der Waals surface area (Å²) in [5, 5.41) is 2.67. The molecule has 22 heavy (non-hydrogen) atoms. The number of rotatable bonds is 5. The van der Waals surface area contributed by atoms with E-state index in [4.69, 9.17) is 0 Å². The van der Waals surface area contributed by atoms with Gasteiger partial charge in [-0.3, -0.25) is 0 Å². The molecular formula is C17H16O3S2. The Labute approximate surface area is 133 Å². The molecule has 0 saturated heterocycles. The van der Waals surface area contributed by atoms with Crippen molar-refractivity contribution in [1.29, 1.82) is 0 Å². The average molecular weight is 332 g/mol. The number of sulfone groups is 1. The van der Waals surface area contributed by atoms with E-state index >= 15 is 0 Å². The zero-order valence-electron chi connectivity index (χ0n) is 12.0. The van der Waals surface area contributed by atoms with Crippen molar-refractivity contribution in [1.82, 2.24) is 0 Å². The Morgan fingerprint density at radius 3 is 2.09 bits per heavy atom. The predicted molar refractivity (Wildman–Crippen MR) is 89.4 cm³/mol. The fourth-order valence-corrected chi connectivity index (χ4v) is 3.93. The van der Waals surface area contributed by atoms with E-state index in [-0.39, 0.29) is 4.90 Å². The topological polar surface area (TPSA) is 51.2 Å². The Kier molecular flexibility index (Phi) is 5.46. The highest BCUT2D eigenvalue weighted by Crippen LogP contribution is 2.14. The molecule has 0 aromatic heterocycles. The van der Waals surface area contributed by atoms with Crippen LogP contribution >= 0.6 is 0 Å². The largest absolute Gasteiger partial charge is 0.250 e. The lowest BCUT2D eigenvalue weighted by atomic mass is 10.4. The molecule has 0 heterocycles. The molecule has 0 aliphatic rings. The van der Waals surface area contributed by atoms with Crippen LogP contribution < -0.4 is 0 Å². The summed E-state index contributed by atoms with van der Waals surface area (Å²) in [6, 6.07) is 17.2. The predicted octanol–water partition coefficient (Wildman–Crippen LogP) is 3.69. The average Bonchev–Trinajstić information content (AvgIpc) is 2.54. The van der Waals surface area contributed by atoms with Crippen LogP contribution in [-0.2, 0) is 20.6 Å². The fraction of sp³-hybridized carbons (Fsp3) is 0.0588. The third kappa shape index (κ3) is 4.51. The molecular weight excluding hydrogens is 316 g/mol. The maximum absolute atomic E-state index is 12.2. The van der Waals surface area contributed by atoms with E-state index < -0.39 is 20.6 Å². The quantitative estimate of drug-likeness (QED) is 0.785. The van der Waals surface area contributed by atoms with E-state index in [1.165, 1.54) is 10.8 Å². The highest BCUT2D eigenvalue weighted by atomic mass is 32.2. The van der Waals surface area contributed by atoms with Crippen molar-refractivity contribution in [2.75, 3.05) is 0 Å². The zero-order valence-corrected chi connectivity index (χ0v) is 13.7. The van der Waals surface area contributed by atoms with Crippen LogP contribution in [0, 0.1) is 0 Å². The van der Waals surface area contributed by atoms with Gasteiger partial charge in [0.05, 0.1) is 15.7 Å². The summed E-state index contributed by atoms with van der Waals surface area (Å²) in [5.41, 5.74) is 0.521. The molecule has 114 valence electrons. The number of hydrogen-bond donors (Lipinski definition) is 0. The van der Waals surface area contributed by atoms with Gasteiger partial charge < -0.3 is 0 Å². The number of benzene rings is 2. The van der Waals surface area contributed by atoms with Crippen LogP contribution in [-0.4, -0.2) is 12.6 Å². The van der Waals surface area contributed by atoms with Crippen LogP contribution in [0.5, 0.6) is 0 Å². The summed E-state index contributed by atoms with van der Waals surface area (Å²) in [6.45, 7) is 1.67. The van der Waals surface area contributed by atoms with E-state index in [0.29, 0.717) is 10.5 Å². The van der Waals surface area contributed by atoms with Crippen molar-refractivity contribution in [2.45, 2.75) is 16.7 Å².